The Kier molecular flexibility index (Phi) is 13.7. The van der Waals surface area contributed by atoms with Gasteiger partial charge in [0.1, 0.15) is 6.61 Å². The molecule has 55 heavy (non-hydrogen) atoms. The Balaban J connectivity index is 1.80. The topological polar surface area (TPSA) is 113 Å². The molecular weight excluding hydrogens is 764 g/mol. The number of ether oxygens (including phenoxy) is 1. The van der Waals surface area contributed by atoms with Crippen LogP contribution in [0.25, 0.3) is 0 Å². The van der Waals surface area contributed by atoms with Crippen LogP contribution in [0.15, 0.2) is 48.8 Å². The van der Waals surface area contributed by atoms with E-state index in [1.165, 1.54) is 17.9 Å². The number of carboxylic acid groups (broad SMARTS) is 1. The van der Waals surface area contributed by atoms with Crippen LogP contribution in [0.1, 0.15) is 86.7 Å². The summed E-state index contributed by atoms with van der Waals surface area (Å²) in [5.74, 6) is -4.91. The smallest absolute Gasteiger partial charge is 0.416 e. The van der Waals surface area contributed by atoms with E-state index in [0.29, 0.717) is 63.5 Å². The summed E-state index contributed by atoms with van der Waals surface area (Å²) in [6.45, 7) is 3.80. The molecule has 1 fully saturated rings. The first-order valence-corrected chi connectivity index (χ1v) is 19.7. The minimum Gasteiger partial charge on any atom is -0.489 e. The third-order valence-corrected chi connectivity index (χ3v) is 10.6. The fourth-order valence-corrected chi connectivity index (χ4v) is 7.06. The molecule has 4 rings (SSSR count). The van der Waals surface area contributed by atoms with E-state index < -0.39 is 63.4 Å². The number of benzene rings is 2. The van der Waals surface area contributed by atoms with Crippen LogP contribution in [0.3, 0.4) is 0 Å². The maximum absolute atomic E-state index is 14.6. The van der Waals surface area contributed by atoms with Gasteiger partial charge in [0.25, 0.3) is 5.92 Å². The van der Waals surface area contributed by atoms with E-state index in [1.807, 2.05) is 11.8 Å². The van der Waals surface area contributed by atoms with Crippen LogP contribution < -0.4 is 14.5 Å². The van der Waals surface area contributed by atoms with Gasteiger partial charge >= 0.3 is 18.3 Å². The molecule has 1 aliphatic rings. The van der Waals surface area contributed by atoms with E-state index in [9.17, 15) is 53.4 Å². The Hall–Kier alpha value is -4.22. The van der Waals surface area contributed by atoms with Crippen molar-refractivity contribution in [1.29, 1.82) is 0 Å². The average Bonchev–Trinajstić information content (AvgIpc) is 3.08. The molecule has 0 radical (unpaired) electrons. The third-order valence-electron chi connectivity index (χ3n) is 9.71. The Morgan fingerprint density at radius 2 is 1.49 bits per heavy atom. The van der Waals surface area contributed by atoms with Crippen LogP contribution in [-0.2, 0) is 39.5 Å². The van der Waals surface area contributed by atoms with Crippen molar-refractivity contribution >= 4 is 27.4 Å². The van der Waals surface area contributed by atoms with Gasteiger partial charge in [-0.2, -0.15) is 26.3 Å². The highest BCUT2D eigenvalue weighted by Gasteiger charge is 2.37. The SMILES string of the molecule is CCN(CC1CCC(CC(=O)O)CC1)c1ccc(C(F)(F)F)cc1CN(c1ncc(OCCS(C)(=O)=O)cn1)[C@@H](C)c1cc(C(C)(F)F)cc(C(F)(F)F)c1. The molecule has 1 atom stereocenters. The van der Waals surface area contributed by atoms with E-state index in [4.69, 9.17) is 4.74 Å². The van der Waals surface area contributed by atoms with Crippen LogP contribution in [0.2, 0.25) is 0 Å². The second-order valence-corrected chi connectivity index (χ2v) is 16.4. The number of alkyl halides is 8. The molecule has 1 aromatic heterocycles. The molecule has 18 heteroatoms. The zero-order valence-corrected chi connectivity index (χ0v) is 31.5. The highest BCUT2D eigenvalue weighted by molar-refractivity contribution is 7.90. The van der Waals surface area contributed by atoms with Gasteiger partial charge in [0, 0.05) is 50.5 Å². The van der Waals surface area contributed by atoms with Gasteiger partial charge in [0.15, 0.2) is 15.6 Å². The number of sulfone groups is 1. The van der Waals surface area contributed by atoms with Gasteiger partial charge in [-0.3, -0.25) is 4.79 Å². The molecule has 0 spiro atoms. The summed E-state index contributed by atoms with van der Waals surface area (Å²) in [5, 5.41) is 9.20. The molecule has 0 amide bonds. The number of aliphatic carboxylic acids is 1. The lowest BCUT2D eigenvalue weighted by molar-refractivity contribution is -0.139. The van der Waals surface area contributed by atoms with Gasteiger partial charge < -0.3 is 19.6 Å². The molecule has 2 aromatic carbocycles. The van der Waals surface area contributed by atoms with Crippen molar-refractivity contribution in [2.24, 2.45) is 11.8 Å². The molecule has 1 heterocycles. The fourth-order valence-electron chi connectivity index (χ4n) is 6.67. The zero-order chi connectivity index (χ0) is 40.9. The van der Waals surface area contributed by atoms with E-state index in [1.54, 1.807) is 0 Å². The zero-order valence-electron chi connectivity index (χ0n) is 30.7. The van der Waals surface area contributed by atoms with Gasteiger partial charge in [-0.25, -0.2) is 27.2 Å². The quantitative estimate of drug-likeness (QED) is 0.142. The van der Waals surface area contributed by atoms with Crippen molar-refractivity contribution in [3.05, 3.63) is 76.6 Å². The molecule has 1 N–H and O–H groups in total. The molecule has 9 nitrogen and oxygen atoms in total. The minimum absolute atomic E-state index is 0.0287. The van der Waals surface area contributed by atoms with Crippen molar-refractivity contribution in [3.8, 4) is 5.75 Å². The highest BCUT2D eigenvalue weighted by Crippen LogP contribution is 2.40. The van der Waals surface area contributed by atoms with Gasteiger partial charge in [-0.15, -0.1) is 0 Å². The number of anilines is 2. The number of carbonyl (C=O) groups is 1. The van der Waals surface area contributed by atoms with Crippen LogP contribution >= 0.6 is 0 Å². The standard InChI is InChI=1S/C37H44F8N4O5S/c1-5-48(21-25-8-6-24(7-9-25)14-33(50)51)32-11-10-28(36(40,41)42)17-27(32)22-49(34-46-19-31(20-47-34)54-12-13-55(4,52)53)23(2)26-15-29(35(3,38)39)18-30(16-26)37(43,44)45/h10-11,15-20,23-25H,5-9,12-14,21-22H2,1-4H3,(H,50,51)/t23-,24?,25?/m0/s1. The predicted molar refractivity (Wildman–Crippen MR) is 190 cm³/mol. The normalized spacial score (nSPS) is 17.5. The van der Waals surface area contributed by atoms with E-state index in [0.717, 1.165) is 36.8 Å². The average molecular weight is 809 g/mol. The Bertz CT molecular complexity index is 1850. The molecule has 1 aliphatic carbocycles. The lowest BCUT2D eigenvalue weighted by atomic mass is 9.80. The lowest BCUT2D eigenvalue weighted by Crippen LogP contribution is -2.34. The second kappa shape index (κ2) is 17.3. The summed E-state index contributed by atoms with van der Waals surface area (Å²) in [6.07, 6.45) is -3.61. The fraction of sp³-hybridized carbons (Fsp3) is 0.541. The number of nitrogens with zero attached hydrogens (tertiary/aromatic N) is 4. The maximum Gasteiger partial charge on any atom is 0.416 e. The van der Waals surface area contributed by atoms with Crippen LogP contribution in [0.4, 0.5) is 46.8 Å². The Labute approximate surface area is 314 Å². The number of carboxylic acids is 1. The number of rotatable bonds is 16. The number of hydrogen-bond donors (Lipinski definition) is 1. The van der Waals surface area contributed by atoms with E-state index in [2.05, 4.69) is 9.97 Å². The van der Waals surface area contributed by atoms with Crippen molar-refractivity contribution in [2.45, 2.75) is 83.7 Å². The highest BCUT2D eigenvalue weighted by atomic mass is 32.2. The Morgan fingerprint density at radius 3 is 2.02 bits per heavy atom. The molecule has 304 valence electrons. The summed E-state index contributed by atoms with van der Waals surface area (Å²) in [7, 11) is -3.38. The lowest BCUT2D eigenvalue weighted by Gasteiger charge is -2.36. The number of halogens is 8. The Morgan fingerprint density at radius 1 is 0.909 bits per heavy atom. The summed E-state index contributed by atoms with van der Waals surface area (Å²) >= 11 is 0. The first kappa shape index (κ1) is 43.5. The maximum atomic E-state index is 14.6. The molecular formula is C37H44F8N4O5S. The van der Waals surface area contributed by atoms with E-state index >= 15 is 0 Å². The predicted octanol–water partition coefficient (Wildman–Crippen LogP) is 8.92. The summed E-state index contributed by atoms with van der Waals surface area (Å²) in [5.41, 5.74) is -3.00. The van der Waals surface area contributed by atoms with Crippen LogP contribution in [0.5, 0.6) is 5.75 Å². The molecule has 0 bridgehead atoms. The first-order valence-electron chi connectivity index (χ1n) is 17.6. The van der Waals surface area contributed by atoms with Crippen molar-refractivity contribution in [2.75, 3.05) is 41.5 Å². The van der Waals surface area contributed by atoms with E-state index in [-0.39, 0.29) is 53.4 Å². The van der Waals surface area contributed by atoms with Crippen molar-refractivity contribution in [3.63, 3.8) is 0 Å². The van der Waals surface area contributed by atoms with Gasteiger partial charge in [0.2, 0.25) is 5.95 Å². The summed E-state index contributed by atoms with van der Waals surface area (Å²) < 4.78 is 142. The van der Waals surface area contributed by atoms with Crippen molar-refractivity contribution < 1.29 is 58.2 Å². The largest absolute Gasteiger partial charge is 0.489 e. The van der Waals surface area contributed by atoms with Gasteiger partial charge in [-0.1, -0.05) is 0 Å². The summed E-state index contributed by atoms with van der Waals surface area (Å²) in [4.78, 5) is 22.9. The van der Waals surface area contributed by atoms with Crippen molar-refractivity contribution in [1.82, 2.24) is 9.97 Å². The second-order valence-electron chi connectivity index (χ2n) is 14.1. The van der Waals surface area contributed by atoms with Crippen LogP contribution in [-0.4, -0.2) is 61.2 Å². The van der Waals surface area contributed by atoms with Gasteiger partial charge in [-0.05, 0) is 98.9 Å². The first-order chi connectivity index (χ1) is 25.4. The van der Waals surface area contributed by atoms with Gasteiger partial charge in [0.05, 0.1) is 35.3 Å². The van der Waals surface area contributed by atoms with Crippen LogP contribution in [0, 0.1) is 11.8 Å². The molecule has 3 aromatic rings. The number of hydrogen-bond acceptors (Lipinski definition) is 8. The summed E-state index contributed by atoms with van der Waals surface area (Å²) in [6, 6.07) is 3.91. The molecule has 0 aliphatic heterocycles. The number of aromatic nitrogens is 2. The monoisotopic (exact) mass is 808 g/mol. The molecule has 1 saturated carbocycles. The third kappa shape index (κ3) is 12.4. The molecule has 0 saturated heterocycles. The molecule has 0 unspecified atom stereocenters. The minimum atomic E-state index is -5.01.